The Morgan fingerprint density at radius 1 is 1.28 bits per heavy atom. The molecule has 3 rings (SSSR count). The summed E-state index contributed by atoms with van der Waals surface area (Å²) in [7, 11) is 0. The van der Waals surface area contributed by atoms with Gasteiger partial charge in [-0.1, -0.05) is 13.8 Å². The highest BCUT2D eigenvalue weighted by Crippen LogP contribution is 2.21. The van der Waals surface area contributed by atoms with Crippen LogP contribution in [-0.4, -0.2) is 15.2 Å². The van der Waals surface area contributed by atoms with E-state index in [-0.39, 0.29) is 0 Å². The number of aryl methyl sites for hydroxylation is 1. The van der Waals surface area contributed by atoms with Gasteiger partial charge in [0.1, 0.15) is 6.54 Å². The summed E-state index contributed by atoms with van der Waals surface area (Å²) in [5.41, 5.74) is 2.33. The third-order valence-corrected chi connectivity index (χ3v) is 2.51. The van der Waals surface area contributed by atoms with Gasteiger partial charge in [0.25, 0.3) is 0 Å². The van der Waals surface area contributed by atoms with Crippen LogP contribution in [0, 0.1) is 0 Å². The maximum atomic E-state index is 5.55. The summed E-state index contributed by atoms with van der Waals surface area (Å²) in [4.78, 5) is 4.30. The van der Waals surface area contributed by atoms with Gasteiger partial charge in [-0.25, -0.2) is 4.57 Å². The number of nitrogens with one attached hydrogen (secondary N) is 1. The number of H-pyrrole nitrogens is 1. The molecule has 5 nitrogen and oxygen atoms in total. The lowest BCUT2D eigenvalue weighted by molar-refractivity contribution is -0.693. The first kappa shape index (κ1) is 12.3. The lowest BCUT2D eigenvalue weighted by Crippen LogP contribution is -2.30. The van der Waals surface area contributed by atoms with Crippen LogP contribution in [0.3, 0.4) is 0 Å². The molecule has 0 bridgehead atoms. The number of hydrogen-bond donors (Lipinski definition) is 1. The van der Waals surface area contributed by atoms with E-state index in [1.165, 1.54) is 0 Å². The molecular weight excluding hydrogens is 228 g/mol. The van der Waals surface area contributed by atoms with Crippen molar-refractivity contribution in [3.05, 3.63) is 30.7 Å². The molecule has 0 aliphatic rings. The zero-order valence-electron chi connectivity index (χ0n) is 10.8. The molecule has 0 fully saturated rings. The molecule has 3 heterocycles. The normalized spacial score (nSPS) is 10.2. The molecule has 0 spiro atoms. The predicted octanol–water partition coefficient (Wildman–Crippen LogP) is 2.55. The van der Waals surface area contributed by atoms with Crippen LogP contribution in [0.1, 0.15) is 20.8 Å². The van der Waals surface area contributed by atoms with Crippen molar-refractivity contribution in [2.24, 2.45) is 0 Å². The van der Waals surface area contributed by atoms with Crippen LogP contribution in [0.5, 0.6) is 0 Å². The van der Waals surface area contributed by atoms with Gasteiger partial charge in [-0.3, -0.25) is 5.10 Å². The van der Waals surface area contributed by atoms with E-state index in [9.17, 15) is 0 Å². The monoisotopic (exact) mass is 245 g/mol. The Labute approximate surface area is 105 Å². The Bertz CT molecular complexity index is 581. The number of pyridine rings is 1. The molecule has 0 aliphatic heterocycles. The number of nitrogens with zero attached hydrogens (tertiary/aromatic N) is 3. The van der Waals surface area contributed by atoms with E-state index in [4.69, 9.17) is 4.42 Å². The quantitative estimate of drug-likeness (QED) is 0.706. The minimum absolute atomic E-state index is 0.618. The first-order valence-electron chi connectivity index (χ1n) is 6.16. The topological polar surface area (TPSA) is 58.6 Å². The maximum absolute atomic E-state index is 5.55. The van der Waals surface area contributed by atoms with Crippen LogP contribution in [0.25, 0.3) is 22.7 Å². The average Bonchev–Trinajstić information content (AvgIpc) is 3.02. The van der Waals surface area contributed by atoms with Crippen LogP contribution in [0.4, 0.5) is 0 Å². The summed E-state index contributed by atoms with van der Waals surface area (Å²) >= 11 is 0. The first-order chi connectivity index (χ1) is 8.86. The molecule has 0 saturated heterocycles. The molecule has 94 valence electrons. The van der Waals surface area contributed by atoms with Crippen molar-refractivity contribution in [1.82, 2.24) is 15.2 Å². The Hall–Kier alpha value is -2.17. The van der Waals surface area contributed by atoms with Crippen molar-refractivity contribution in [3.63, 3.8) is 0 Å². The summed E-state index contributed by atoms with van der Waals surface area (Å²) in [5.74, 6) is 0.618. The second-order valence-corrected chi connectivity index (χ2v) is 3.52. The predicted molar refractivity (Wildman–Crippen MR) is 68.8 cm³/mol. The Kier molecular flexibility index (Phi) is 3.72. The van der Waals surface area contributed by atoms with Gasteiger partial charge < -0.3 is 4.42 Å². The third-order valence-electron chi connectivity index (χ3n) is 2.51. The van der Waals surface area contributed by atoms with Gasteiger partial charge in [0, 0.05) is 17.7 Å². The molecule has 3 aromatic heterocycles. The molecule has 5 heteroatoms. The van der Waals surface area contributed by atoms with E-state index in [1.54, 1.807) is 6.20 Å². The molecule has 18 heavy (non-hydrogen) atoms. The molecule has 0 saturated carbocycles. The highest BCUT2D eigenvalue weighted by Gasteiger charge is 2.10. The summed E-state index contributed by atoms with van der Waals surface area (Å²) < 4.78 is 7.64. The number of oxazole rings is 1. The molecule has 3 aromatic rings. The summed E-state index contributed by atoms with van der Waals surface area (Å²) in [6.07, 6.45) is 5.64. The Morgan fingerprint density at radius 2 is 2.00 bits per heavy atom. The standard InChI is InChI=1S/C11H10N4O.C2H6/c1-2-15-5-3-8(4-6-15)11-13-10-9(16-11)7-12-14-10;1-2/h3-7H,2H2,1H3;1-2H3/p+1. The molecule has 1 N–H and O–H groups in total. The summed E-state index contributed by atoms with van der Waals surface area (Å²) in [6.45, 7) is 7.05. The number of rotatable bonds is 2. The maximum Gasteiger partial charge on any atom is 0.229 e. The Balaban J connectivity index is 0.000000574. The third kappa shape index (κ3) is 2.25. The first-order valence-corrected chi connectivity index (χ1v) is 6.16. The number of aromatic nitrogens is 4. The fourth-order valence-corrected chi connectivity index (χ4v) is 1.59. The average molecular weight is 245 g/mol. The lowest BCUT2D eigenvalue weighted by atomic mass is 10.3. The minimum atomic E-state index is 0.618. The minimum Gasteiger partial charge on any atom is -0.433 e. The van der Waals surface area contributed by atoms with Gasteiger partial charge in [0.2, 0.25) is 5.89 Å². The van der Waals surface area contributed by atoms with E-state index >= 15 is 0 Å². The molecule has 0 unspecified atom stereocenters. The van der Waals surface area contributed by atoms with Crippen molar-refractivity contribution >= 4 is 11.2 Å². The summed E-state index contributed by atoms with van der Waals surface area (Å²) in [5, 5.41) is 6.61. The highest BCUT2D eigenvalue weighted by molar-refractivity contribution is 5.71. The highest BCUT2D eigenvalue weighted by atomic mass is 16.3. The van der Waals surface area contributed by atoms with Crippen LogP contribution in [-0.2, 0) is 6.54 Å². The molecule has 0 atom stereocenters. The van der Waals surface area contributed by atoms with Crippen molar-refractivity contribution in [3.8, 4) is 11.5 Å². The van der Waals surface area contributed by atoms with E-state index in [0.717, 1.165) is 12.1 Å². The van der Waals surface area contributed by atoms with E-state index in [1.807, 2.05) is 38.4 Å². The SMILES string of the molecule is CC.CC[n+]1ccc(-c2nc3[nH]ncc3o2)cc1. The second kappa shape index (κ2) is 5.44. The number of hydrogen-bond acceptors (Lipinski definition) is 3. The molecule has 0 aromatic carbocycles. The Morgan fingerprint density at radius 3 is 2.61 bits per heavy atom. The summed E-state index contributed by atoms with van der Waals surface area (Å²) in [6, 6.07) is 3.98. The second-order valence-electron chi connectivity index (χ2n) is 3.52. The van der Waals surface area contributed by atoms with Crippen LogP contribution < -0.4 is 4.57 Å². The van der Waals surface area contributed by atoms with Gasteiger partial charge in [-0.05, 0) is 6.92 Å². The van der Waals surface area contributed by atoms with Gasteiger partial charge in [0.15, 0.2) is 23.6 Å². The van der Waals surface area contributed by atoms with Gasteiger partial charge >= 0.3 is 0 Å². The van der Waals surface area contributed by atoms with Crippen molar-refractivity contribution in [2.45, 2.75) is 27.3 Å². The number of aromatic amines is 1. The number of fused-ring (bicyclic) bond motifs is 1. The zero-order chi connectivity index (χ0) is 13.0. The van der Waals surface area contributed by atoms with Gasteiger partial charge in [-0.15, -0.1) is 0 Å². The fourth-order valence-electron chi connectivity index (χ4n) is 1.59. The molecular formula is C13H17N4O+. The van der Waals surface area contributed by atoms with E-state index < -0.39 is 0 Å². The molecule has 0 amide bonds. The van der Waals surface area contributed by atoms with Crippen LogP contribution in [0.2, 0.25) is 0 Å². The van der Waals surface area contributed by atoms with Crippen molar-refractivity contribution in [1.29, 1.82) is 0 Å². The molecule has 0 aliphatic carbocycles. The van der Waals surface area contributed by atoms with Crippen molar-refractivity contribution < 1.29 is 8.98 Å². The molecule has 0 radical (unpaired) electrons. The van der Waals surface area contributed by atoms with Crippen molar-refractivity contribution in [2.75, 3.05) is 0 Å². The largest absolute Gasteiger partial charge is 0.433 e. The zero-order valence-corrected chi connectivity index (χ0v) is 10.8. The van der Waals surface area contributed by atoms with E-state index in [2.05, 4.69) is 26.7 Å². The van der Waals surface area contributed by atoms with Gasteiger partial charge in [-0.2, -0.15) is 10.1 Å². The van der Waals surface area contributed by atoms with Gasteiger partial charge in [0.05, 0.1) is 6.20 Å². The smallest absolute Gasteiger partial charge is 0.229 e. The lowest BCUT2D eigenvalue weighted by Gasteiger charge is -1.93. The van der Waals surface area contributed by atoms with Crippen LogP contribution in [0.15, 0.2) is 35.1 Å². The van der Waals surface area contributed by atoms with Crippen LogP contribution >= 0.6 is 0 Å². The van der Waals surface area contributed by atoms with E-state index in [0.29, 0.717) is 17.1 Å². The fraction of sp³-hybridized carbons (Fsp3) is 0.308.